The first-order valence-electron chi connectivity index (χ1n) is 7.84. The molecule has 0 aliphatic heterocycles. The van der Waals surface area contributed by atoms with Gasteiger partial charge in [-0.2, -0.15) is 13.2 Å². The zero-order chi connectivity index (χ0) is 20.9. The van der Waals surface area contributed by atoms with Crippen molar-refractivity contribution >= 4 is 45.0 Å². The van der Waals surface area contributed by atoms with E-state index in [1.807, 2.05) is 18.4 Å². The second kappa shape index (κ2) is 9.17. The van der Waals surface area contributed by atoms with E-state index in [1.54, 1.807) is 12.1 Å². The standard InChI is InChI=1S/C17H16ClF3N2O3S2/c1-27-15-5-3-2-4-14(15)23-16(24)8-9-22-28(25,26)11-6-7-13(18)12(10-11)17(19,20)21/h2-7,10,22H,8-9H2,1H3,(H,23,24). The summed E-state index contributed by atoms with van der Waals surface area (Å²) in [4.78, 5) is 12.3. The van der Waals surface area contributed by atoms with Gasteiger partial charge < -0.3 is 5.32 Å². The van der Waals surface area contributed by atoms with Crippen LogP contribution in [0.1, 0.15) is 12.0 Å². The highest BCUT2D eigenvalue weighted by Gasteiger charge is 2.34. The second-order valence-electron chi connectivity index (χ2n) is 5.54. The maximum Gasteiger partial charge on any atom is 0.417 e. The number of hydrogen-bond acceptors (Lipinski definition) is 4. The first-order chi connectivity index (χ1) is 13.0. The Kier molecular flexibility index (Phi) is 7.38. The monoisotopic (exact) mass is 452 g/mol. The summed E-state index contributed by atoms with van der Waals surface area (Å²) >= 11 is 6.93. The summed E-state index contributed by atoms with van der Waals surface area (Å²) in [5.41, 5.74) is -0.654. The number of anilines is 1. The molecule has 152 valence electrons. The van der Waals surface area contributed by atoms with Crippen molar-refractivity contribution in [2.45, 2.75) is 22.4 Å². The minimum Gasteiger partial charge on any atom is -0.325 e. The number of nitrogens with one attached hydrogen (secondary N) is 2. The molecule has 5 nitrogen and oxygen atoms in total. The third kappa shape index (κ3) is 5.87. The Balaban J connectivity index is 2.01. The maximum absolute atomic E-state index is 12.9. The smallest absolute Gasteiger partial charge is 0.325 e. The minimum absolute atomic E-state index is 0.193. The number of thioether (sulfide) groups is 1. The molecule has 11 heteroatoms. The Morgan fingerprint density at radius 1 is 1.18 bits per heavy atom. The van der Waals surface area contributed by atoms with Gasteiger partial charge in [0.15, 0.2) is 0 Å². The molecule has 0 spiro atoms. The summed E-state index contributed by atoms with van der Waals surface area (Å²) in [6, 6.07) is 9.38. The Labute approximate surface area is 169 Å². The fourth-order valence-electron chi connectivity index (χ4n) is 2.23. The van der Waals surface area contributed by atoms with E-state index in [2.05, 4.69) is 10.0 Å². The third-order valence-corrected chi connectivity index (χ3v) is 6.16. The summed E-state index contributed by atoms with van der Waals surface area (Å²) < 4.78 is 65.2. The molecule has 0 saturated heterocycles. The van der Waals surface area contributed by atoms with Gasteiger partial charge in [-0.3, -0.25) is 4.79 Å². The number of carbonyl (C=O) groups excluding carboxylic acids is 1. The number of alkyl halides is 3. The van der Waals surface area contributed by atoms with Gasteiger partial charge in [0.05, 0.1) is 21.2 Å². The Bertz CT molecular complexity index is 966. The van der Waals surface area contributed by atoms with Gasteiger partial charge >= 0.3 is 6.18 Å². The Hall–Kier alpha value is -1.75. The average molecular weight is 453 g/mol. The van der Waals surface area contributed by atoms with Crippen LogP contribution in [0.25, 0.3) is 0 Å². The van der Waals surface area contributed by atoms with E-state index < -0.39 is 37.6 Å². The molecule has 2 N–H and O–H groups in total. The molecule has 0 aliphatic rings. The van der Waals surface area contributed by atoms with Gasteiger partial charge in [0, 0.05) is 17.9 Å². The Morgan fingerprint density at radius 3 is 2.50 bits per heavy atom. The number of sulfonamides is 1. The van der Waals surface area contributed by atoms with E-state index in [4.69, 9.17) is 11.6 Å². The van der Waals surface area contributed by atoms with Crippen molar-refractivity contribution in [3.8, 4) is 0 Å². The van der Waals surface area contributed by atoms with Crippen LogP contribution in [0.4, 0.5) is 18.9 Å². The number of benzene rings is 2. The number of hydrogen-bond donors (Lipinski definition) is 2. The van der Waals surface area contributed by atoms with Gasteiger partial charge in [0.25, 0.3) is 0 Å². The topological polar surface area (TPSA) is 75.3 Å². The van der Waals surface area contributed by atoms with Crippen molar-refractivity contribution < 1.29 is 26.4 Å². The highest BCUT2D eigenvalue weighted by Crippen LogP contribution is 2.35. The molecule has 2 aromatic carbocycles. The van der Waals surface area contributed by atoms with Crippen molar-refractivity contribution in [2.24, 2.45) is 0 Å². The molecule has 0 aromatic heterocycles. The molecular weight excluding hydrogens is 437 g/mol. The Morgan fingerprint density at radius 2 is 1.86 bits per heavy atom. The van der Waals surface area contributed by atoms with E-state index in [1.165, 1.54) is 11.8 Å². The van der Waals surface area contributed by atoms with Crippen LogP contribution >= 0.6 is 23.4 Å². The predicted molar refractivity (Wildman–Crippen MR) is 103 cm³/mol. The van der Waals surface area contributed by atoms with Crippen LogP contribution in [0, 0.1) is 0 Å². The van der Waals surface area contributed by atoms with Gasteiger partial charge in [0.1, 0.15) is 0 Å². The van der Waals surface area contributed by atoms with Crippen LogP contribution in [0.3, 0.4) is 0 Å². The van der Waals surface area contributed by atoms with Crippen LogP contribution in [-0.4, -0.2) is 27.1 Å². The lowest BCUT2D eigenvalue weighted by Gasteiger charge is -2.12. The molecule has 0 aliphatic carbocycles. The number of para-hydroxylation sites is 1. The van der Waals surface area contributed by atoms with Gasteiger partial charge in [0.2, 0.25) is 15.9 Å². The van der Waals surface area contributed by atoms with E-state index in [0.29, 0.717) is 11.8 Å². The summed E-state index contributed by atoms with van der Waals surface area (Å²) in [6.45, 7) is -0.278. The van der Waals surface area contributed by atoms with E-state index in [9.17, 15) is 26.4 Å². The van der Waals surface area contributed by atoms with Crippen molar-refractivity contribution in [3.05, 3.63) is 53.1 Å². The van der Waals surface area contributed by atoms with Gasteiger partial charge in [-0.15, -0.1) is 11.8 Å². The highest BCUT2D eigenvalue weighted by molar-refractivity contribution is 7.98. The summed E-state index contributed by atoms with van der Waals surface area (Å²) in [5.74, 6) is -0.434. The van der Waals surface area contributed by atoms with Crippen molar-refractivity contribution in [1.82, 2.24) is 4.72 Å². The largest absolute Gasteiger partial charge is 0.417 e. The predicted octanol–water partition coefficient (Wildman–Crippen LogP) is 4.39. The fourth-order valence-corrected chi connectivity index (χ4v) is 4.07. The van der Waals surface area contributed by atoms with E-state index in [-0.39, 0.29) is 13.0 Å². The van der Waals surface area contributed by atoms with Gasteiger partial charge in [-0.25, -0.2) is 13.1 Å². The van der Waals surface area contributed by atoms with Crippen molar-refractivity contribution in [1.29, 1.82) is 0 Å². The molecule has 2 aromatic rings. The first kappa shape index (κ1) is 22.5. The maximum atomic E-state index is 12.9. The highest BCUT2D eigenvalue weighted by atomic mass is 35.5. The SMILES string of the molecule is CSc1ccccc1NC(=O)CCNS(=O)(=O)c1ccc(Cl)c(C(F)(F)F)c1. The number of carbonyl (C=O) groups is 1. The molecule has 0 bridgehead atoms. The molecule has 1 amide bonds. The summed E-state index contributed by atoms with van der Waals surface area (Å²) in [6.07, 6.45) is -3.13. The number of rotatable bonds is 7. The van der Waals surface area contributed by atoms with Crippen molar-refractivity contribution in [2.75, 3.05) is 18.1 Å². The lowest BCUT2D eigenvalue weighted by molar-refractivity contribution is -0.137. The molecule has 0 atom stereocenters. The third-order valence-electron chi connectivity index (χ3n) is 3.58. The van der Waals surface area contributed by atoms with Gasteiger partial charge in [-0.1, -0.05) is 23.7 Å². The lowest BCUT2D eigenvalue weighted by Crippen LogP contribution is -2.28. The van der Waals surface area contributed by atoms with E-state index in [0.717, 1.165) is 17.0 Å². The van der Waals surface area contributed by atoms with Crippen LogP contribution < -0.4 is 10.0 Å². The van der Waals surface area contributed by atoms with Crippen LogP contribution in [0.15, 0.2) is 52.3 Å². The van der Waals surface area contributed by atoms with Crippen LogP contribution in [0.5, 0.6) is 0 Å². The first-order valence-corrected chi connectivity index (χ1v) is 10.9. The van der Waals surface area contributed by atoms with Gasteiger partial charge in [-0.05, 0) is 36.6 Å². The van der Waals surface area contributed by atoms with Crippen molar-refractivity contribution in [3.63, 3.8) is 0 Å². The normalized spacial score (nSPS) is 12.0. The quantitative estimate of drug-likeness (QED) is 0.611. The van der Waals surface area contributed by atoms with Crippen LogP contribution in [0.2, 0.25) is 5.02 Å². The second-order valence-corrected chi connectivity index (χ2v) is 8.56. The lowest BCUT2D eigenvalue weighted by atomic mass is 10.2. The van der Waals surface area contributed by atoms with Crippen LogP contribution in [-0.2, 0) is 21.0 Å². The molecule has 2 rings (SSSR count). The summed E-state index contributed by atoms with van der Waals surface area (Å²) in [7, 11) is -4.23. The molecule has 0 heterocycles. The molecular formula is C17H16ClF3N2O3S2. The zero-order valence-electron chi connectivity index (χ0n) is 14.5. The summed E-state index contributed by atoms with van der Waals surface area (Å²) in [5, 5.41) is 2.06. The number of amides is 1. The number of halogens is 4. The fraction of sp³-hybridized carbons (Fsp3) is 0.235. The minimum atomic E-state index is -4.78. The molecule has 0 radical (unpaired) electrons. The zero-order valence-corrected chi connectivity index (χ0v) is 16.9. The average Bonchev–Trinajstić information content (AvgIpc) is 2.61. The molecule has 0 saturated carbocycles. The molecule has 0 unspecified atom stereocenters. The molecule has 0 fully saturated rings. The molecule has 28 heavy (non-hydrogen) atoms. The van der Waals surface area contributed by atoms with E-state index >= 15 is 0 Å².